The number of amides is 2. The van der Waals surface area contributed by atoms with Gasteiger partial charge in [0.25, 0.3) is 5.91 Å². The number of esters is 1. The van der Waals surface area contributed by atoms with Crippen molar-refractivity contribution in [3.05, 3.63) is 41.6 Å². The first-order valence-corrected chi connectivity index (χ1v) is 9.52. The summed E-state index contributed by atoms with van der Waals surface area (Å²) in [5.41, 5.74) is 0.895. The van der Waals surface area contributed by atoms with Gasteiger partial charge < -0.3 is 20.5 Å². The van der Waals surface area contributed by atoms with Crippen molar-refractivity contribution < 1.29 is 29.0 Å². The van der Waals surface area contributed by atoms with Crippen LogP contribution in [0.1, 0.15) is 6.42 Å². The zero-order valence-electron chi connectivity index (χ0n) is 15.0. The van der Waals surface area contributed by atoms with Crippen LogP contribution in [0.2, 0.25) is 0 Å². The number of carboxylic acid groups (broad SMARTS) is 1. The van der Waals surface area contributed by atoms with Crippen LogP contribution in [0.25, 0.3) is 0 Å². The fourth-order valence-corrected chi connectivity index (χ4v) is 4.37. The second-order valence-corrected chi connectivity index (χ2v) is 7.29. The molecule has 1 fully saturated rings. The van der Waals surface area contributed by atoms with Gasteiger partial charge in [0, 0.05) is 11.4 Å². The fraction of sp³-hybridized carbons (Fsp3) is 0.333. The number of hydrogen-bond donors (Lipinski definition) is 3. The van der Waals surface area contributed by atoms with Crippen molar-refractivity contribution >= 4 is 41.2 Å². The van der Waals surface area contributed by atoms with E-state index >= 15 is 0 Å². The molecule has 10 heteroatoms. The van der Waals surface area contributed by atoms with Gasteiger partial charge in [-0.15, -0.1) is 11.8 Å². The molecular formula is C18H19N3O6S. The van der Waals surface area contributed by atoms with Crippen molar-refractivity contribution in [1.82, 2.24) is 10.2 Å². The summed E-state index contributed by atoms with van der Waals surface area (Å²) in [7, 11) is 1.21. The molecule has 3 rings (SSSR count). The molecule has 148 valence electrons. The lowest BCUT2D eigenvalue weighted by Gasteiger charge is -2.49. The Labute approximate surface area is 165 Å². The monoisotopic (exact) mass is 405 g/mol. The SMILES string of the molecule is COC(=O)CC1=C(C(=O)O)N2C(=O)[C@@H](NC(=O)CNc3ccccc3)[C@H]2SC1. The van der Waals surface area contributed by atoms with Gasteiger partial charge in [-0.1, -0.05) is 18.2 Å². The molecule has 2 aliphatic rings. The number of fused-ring (bicyclic) bond motifs is 1. The van der Waals surface area contributed by atoms with Gasteiger partial charge >= 0.3 is 11.9 Å². The van der Waals surface area contributed by atoms with Crippen LogP contribution in [0, 0.1) is 0 Å². The molecule has 2 amide bonds. The maximum Gasteiger partial charge on any atom is 0.352 e. The number of ether oxygens (including phenoxy) is 1. The van der Waals surface area contributed by atoms with Gasteiger partial charge in [0.2, 0.25) is 5.91 Å². The quantitative estimate of drug-likeness (QED) is 0.440. The number of anilines is 1. The number of para-hydroxylation sites is 1. The molecule has 0 bridgehead atoms. The number of hydrogen-bond acceptors (Lipinski definition) is 7. The Morgan fingerprint density at radius 1 is 1.29 bits per heavy atom. The van der Waals surface area contributed by atoms with Crippen LogP contribution >= 0.6 is 11.8 Å². The van der Waals surface area contributed by atoms with Crippen LogP contribution < -0.4 is 10.6 Å². The first-order chi connectivity index (χ1) is 13.4. The van der Waals surface area contributed by atoms with E-state index < -0.39 is 29.3 Å². The second kappa shape index (κ2) is 8.34. The fourth-order valence-electron chi connectivity index (χ4n) is 3.03. The molecule has 2 heterocycles. The normalized spacial score (nSPS) is 20.8. The van der Waals surface area contributed by atoms with Crippen LogP contribution in [-0.4, -0.2) is 64.6 Å². The number of rotatable bonds is 7. The summed E-state index contributed by atoms with van der Waals surface area (Å²) < 4.78 is 4.58. The van der Waals surface area contributed by atoms with Gasteiger partial charge in [-0.25, -0.2) is 4.79 Å². The molecule has 28 heavy (non-hydrogen) atoms. The summed E-state index contributed by atoms with van der Waals surface area (Å²) in [6.07, 6.45) is -0.195. The van der Waals surface area contributed by atoms with E-state index in [2.05, 4.69) is 15.4 Å². The molecule has 0 unspecified atom stereocenters. The molecule has 3 N–H and O–H groups in total. The van der Waals surface area contributed by atoms with Crippen molar-refractivity contribution in [3.63, 3.8) is 0 Å². The number of aliphatic carboxylic acids is 1. The van der Waals surface area contributed by atoms with Crippen LogP contribution in [-0.2, 0) is 23.9 Å². The van der Waals surface area contributed by atoms with Crippen LogP contribution in [0.5, 0.6) is 0 Å². The Balaban J connectivity index is 1.64. The highest BCUT2D eigenvalue weighted by Crippen LogP contribution is 2.41. The minimum atomic E-state index is -1.28. The van der Waals surface area contributed by atoms with Crippen LogP contribution in [0.3, 0.4) is 0 Å². The number of nitrogens with zero attached hydrogens (tertiary/aromatic N) is 1. The Morgan fingerprint density at radius 3 is 2.64 bits per heavy atom. The summed E-state index contributed by atoms with van der Waals surface area (Å²) in [6, 6.07) is 8.34. The van der Waals surface area contributed by atoms with Crippen molar-refractivity contribution in [2.24, 2.45) is 0 Å². The lowest BCUT2D eigenvalue weighted by atomic mass is 10.0. The topological polar surface area (TPSA) is 125 Å². The highest BCUT2D eigenvalue weighted by Gasteiger charge is 2.54. The molecule has 1 saturated heterocycles. The van der Waals surface area contributed by atoms with E-state index in [0.29, 0.717) is 5.57 Å². The zero-order chi connectivity index (χ0) is 20.3. The van der Waals surface area contributed by atoms with E-state index in [4.69, 9.17) is 0 Å². The Morgan fingerprint density at radius 2 is 2.00 bits per heavy atom. The first kappa shape index (κ1) is 19.7. The largest absolute Gasteiger partial charge is 0.477 e. The summed E-state index contributed by atoms with van der Waals surface area (Å²) in [5, 5.41) is 14.6. The number of β-lactam (4-membered cyclic amide) rings is 1. The van der Waals surface area contributed by atoms with Crippen LogP contribution in [0.15, 0.2) is 41.6 Å². The van der Waals surface area contributed by atoms with Crippen LogP contribution in [0.4, 0.5) is 5.69 Å². The minimum Gasteiger partial charge on any atom is -0.477 e. The summed E-state index contributed by atoms with van der Waals surface area (Å²) in [6.45, 7) is -0.0135. The van der Waals surface area contributed by atoms with E-state index in [-0.39, 0.29) is 30.3 Å². The highest BCUT2D eigenvalue weighted by molar-refractivity contribution is 8.00. The lowest BCUT2D eigenvalue weighted by Crippen LogP contribution is -2.70. The number of benzene rings is 1. The molecule has 0 aliphatic carbocycles. The third-order valence-electron chi connectivity index (χ3n) is 4.38. The molecular weight excluding hydrogens is 386 g/mol. The second-order valence-electron chi connectivity index (χ2n) is 6.18. The highest BCUT2D eigenvalue weighted by atomic mass is 32.2. The van der Waals surface area contributed by atoms with Gasteiger partial charge in [-0.2, -0.15) is 0 Å². The molecule has 1 aromatic rings. The van der Waals surface area contributed by atoms with Gasteiger partial charge in [0.15, 0.2) is 0 Å². The third-order valence-corrected chi connectivity index (χ3v) is 5.72. The average molecular weight is 405 g/mol. The number of carbonyl (C=O) groups excluding carboxylic acids is 3. The Hall–Kier alpha value is -3.01. The molecule has 2 atom stereocenters. The molecule has 0 aromatic heterocycles. The Bertz CT molecular complexity index is 841. The van der Waals surface area contributed by atoms with Crippen molar-refractivity contribution in [1.29, 1.82) is 0 Å². The van der Waals surface area contributed by atoms with Gasteiger partial charge in [0.05, 0.1) is 20.1 Å². The minimum absolute atomic E-state index is 0.0135. The number of methoxy groups -OCH3 is 1. The van der Waals surface area contributed by atoms with E-state index in [1.54, 1.807) is 0 Å². The average Bonchev–Trinajstić information content (AvgIpc) is 2.70. The molecule has 0 radical (unpaired) electrons. The predicted octanol–water partition coefficient (Wildman–Crippen LogP) is 0.400. The molecule has 0 saturated carbocycles. The number of nitrogens with one attached hydrogen (secondary N) is 2. The van der Waals surface area contributed by atoms with Crippen molar-refractivity contribution in [2.45, 2.75) is 17.8 Å². The van der Waals surface area contributed by atoms with Crippen molar-refractivity contribution in [2.75, 3.05) is 24.7 Å². The molecule has 9 nitrogen and oxygen atoms in total. The summed E-state index contributed by atoms with van der Waals surface area (Å²) in [5.74, 6) is -2.47. The van der Waals surface area contributed by atoms with Gasteiger partial charge in [0.1, 0.15) is 17.1 Å². The molecule has 1 aromatic carbocycles. The zero-order valence-corrected chi connectivity index (χ0v) is 15.8. The number of carbonyl (C=O) groups is 4. The van der Waals surface area contributed by atoms with E-state index in [0.717, 1.165) is 10.6 Å². The maximum atomic E-state index is 12.5. The van der Waals surface area contributed by atoms with Crippen molar-refractivity contribution in [3.8, 4) is 0 Å². The van der Waals surface area contributed by atoms with E-state index in [1.807, 2.05) is 30.3 Å². The van der Waals surface area contributed by atoms with Gasteiger partial charge in [-0.3, -0.25) is 19.3 Å². The smallest absolute Gasteiger partial charge is 0.352 e. The van der Waals surface area contributed by atoms with Gasteiger partial charge in [-0.05, 0) is 17.7 Å². The maximum absolute atomic E-state index is 12.5. The summed E-state index contributed by atoms with van der Waals surface area (Å²) >= 11 is 1.30. The number of thioether (sulfide) groups is 1. The van der Waals surface area contributed by atoms with E-state index in [9.17, 15) is 24.3 Å². The summed E-state index contributed by atoms with van der Waals surface area (Å²) in [4.78, 5) is 48.9. The van der Waals surface area contributed by atoms with E-state index in [1.165, 1.54) is 18.9 Å². The molecule has 0 spiro atoms. The molecule has 2 aliphatic heterocycles. The number of carboxylic acids is 1. The lowest BCUT2D eigenvalue weighted by molar-refractivity contribution is -0.150. The first-order valence-electron chi connectivity index (χ1n) is 8.47. The standard InChI is InChI=1S/C18H19N3O6S/c1-27-13(23)7-10-9-28-17-14(16(24)21(17)15(10)18(25)26)20-12(22)8-19-11-5-3-2-4-6-11/h2-6,14,17,19H,7-9H2,1H3,(H,20,22)(H,25,26)/t14-,17-/m1/s1. The third kappa shape index (κ3) is 3.96. The Kier molecular flexibility index (Phi) is 5.88. The predicted molar refractivity (Wildman–Crippen MR) is 101 cm³/mol.